The normalized spacial score (nSPS) is 13.8. The summed E-state index contributed by atoms with van der Waals surface area (Å²) in [5, 5.41) is 2.99. The second-order valence-electron chi connectivity index (χ2n) is 8.00. The van der Waals surface area contributed by atoms with Crippen molar-refractivity contribution >= 4 is 35.6 Å². The summed E-state index contributed by atoms with van der Waals surface area (Å²) >= 11 is 6.39. The molecule has 0 bridgehead atoms. The summed E-state index contributed by atoms with van der Waals surface area (Å²) in [6.07, 6.45) is 3.45. The van der Waals surface area contributed by atoms with Crippen molar-refractivity contribution in [1.29, 1.82) is 0 Å². The maximum atomic E-state index is 13.3. The molecule has 0 aliphatic carbocycles. The zero-order valence-corrected chi connectivity index (χ0v) is 20.5. The van der Waals surface area contributed by atoms with E-state index < -0.39 is 23.9 Å². The molecule has 8 heteroatoms. The Labute approximate surface area is 213 Å². The molecule has 0 radical (unpaired) electrons. The van der Waals surface area contributed by atoms with Gasteiger partial charge in [0, 0.05) is 6.07 Å². The van der Waals surface area contributed by atoms with Gasteiger partial charge < -0.3 is 19.5 Å². The number of halogens is 1. The van der Waals surface area contributed by atoms with Gasteiger partial charge in [-0.2, -0.15) is 0 Å². The zero-order chi connectivity index (χ0) is 25.7. The summed E-state index contributed by atoms with van der Waals surface area (Å²) in [6.45, 7) is 3.45. The third kappa shape index (κ3) is 5.26. The Morgan fingerprint density at radius 3 is 2.44 bits per heavy atom. The van der Waals surface area contributed by atoms with E-state index in [1.807, 2.05) is 48.5 Å². The van der Waals surface area contributed by atoms with Crippen LogP contribution < -0.4 is 10.1 Å². The van der Waals surface area contributed by atoms with Gasteiger partial charge in [0.05, 0.1) is 17.2 Å². The molecule has 0 fully saturated rings. The molecule has 0 saturated carbocycles. The van der Waals surface area contributed by atoms with E-state index in [1.165, 1.54) is 13.0 Å². The standard InChI is InChI=1S/C28H24ClNO6/c1-3-34-26(31)23-17(2)24(22(15-21(23)29)35-16-18-9-5-4-6-10-18)27(32)36-28(33)25-20-12-8-7-11-19(20)13-14-30-25/h4-15,25,30H,3,16H2,1-2H3. The summed E-state index contributed by atoms with van der Waals surface area (Å²) in [4.78, 5) is 39.0. The summed E-state index contributed by atoms with van der Waals surface area (Å²) in [5.41, 5.74) is 2.49. The van der Waals surface area contributed by atoms with Gasteiger partial charge >= 0.3 is 17.9 Å². The average Bonchev–Trinajstić information content (AvgIpc) is 2.87. The lowest BCUT2D eigenvalue weighted by molar-refractivity contribution is -0.140. The molecule has 1 atom stereocenters. The molecule has 184 valence electrons. The first-order valence-corrected chi connectivity index (χ1v) is 11.7. The number of benzene rings is 3. The summed E-state index contributed by atoms with van der Waals surface area (Å²) < 4.78 is 16.3. The van der Waals surface area contributed by atoms with Crippen LogP contribution in [0, 0.1) is 6.92 Å². The minimum atomic E-state index is -0.961. The zero-order valence-electron chi connectivity index (χ0n) is 19.7. The van der Waals surface area contributed by atoms with Gasteiger partial charge in [-0.1, -0.05) is 66.2 Å². The van der Waals surface area contributed by atoms with Crippen molar-refractivity contribution in [3.05, 3.63) is 105 Å². The van der Waals surface area contributed by atoms with Crippen molar-refractivity contribution in [2.75, 3.05) is 6.61 Å². The van der Waals surface area contributed by atoms with Crippen LogP contribution in [-0.4, -0.2) is 24.5 Å². The van der Waals surface area contributed by atoms with Crippen LogP contribution in [0.2, 0.25) is 5.02 Å². The van der Waals surface area contributed by atoms with Gasteiger partial charge in [-0.05, 0) is 48.4 Å². The van der Waals surface area contributed by atoms with Crippen molar-refractivity contribution in [3.8, 4) is 5.75 Å². The average molecular weight is 506 g/mol. The van der Waals surface area contributed by atoms with Gasteiger partial charge in [0.25, 0.3) is 0 Å². The number of hydrogen-bond acceptors (Lipinski definition) is 7. The number of ether oxygens (including phenoxy) is 3. The molecule has 3 aromatic rings. The molecule has 0 aromatic heterocycles. The maximum Gasteiger partial charge on any atom is 0.349 e. The minimum absolute atomic E-state index is 0.00838. The summed E-state index contributed by atoms with van der Waals surface area (Å²) in [6, 6.07) is 17.1. The van der Waals surface area contributed by atoms with E-state index in [4.69, 9.17) is 25.8 Å². The van der Waals surface area contributed by atoms with Gasteiger partial charge in [0.2, 0.25) is 0 Å². The summed E-state index contributed by atoms with van der Waals surface area (Å²) in [7, 11) is 0. The Kier molecular flexibility index (Phi) is 7.71. The fourth-order valence-corrected chi connectivity index (χ4v) is 4.27. The van der Waals surface area contributed by atoms with Crippen molar-refractivity contribution in [1.82, 2.24) is 5.32 Å². The number of rotatable bonds is 7. The van der Waals surface area contributed by atoms with Gasteiger partial charge in [-0.25, -0.2) is 14.4 Å². The number of nitrogens with one attached hydrogen (secondary N) is 1. The van der Waals surface area contributed by atoms with Crippen LogP contribution >= 0.6 is 11.6 Å². The second-order valence-corrected chi connectivity index (χ2v) is 8.40. The monoisotopic (exact) mass is 505 g/mol. The number of hydrogen-bond donors (Lipinski definition) is 1. The van der Waals surface area contributed by atoms with Crippen LogP contribution in [-0.2, 0) is 20.9 Å². The van der Waals surface area contributed by atoms with Crippen LogP contribution in [0.4, 0.5) is 0 Å². The van der Waals surface area contributed by atoms with E-state index >= 15 is 0 Å². The predicted molar refractivity (Wildman–Crippen MR) is 135 cm³/mol. The fourth-order valence-electron chi connectivity index (χ4n) is 3.95. The van der Waals surface area contributed by atoms with Crippen molar-refractivity contribution in [3.63, 3.8) is 0 Å². The van der Waals surface area contributed by atoms with Crippen LogP contribution in [0.3, 0.4) is 0 Å². The van der Waals surface area contributed by atoms with Crippen LogP contribution in [0.5, 0.6) is 5.75 Å². The van der Waals surface area contributed by atoms with Crippen molar-refractivity contribution in [2.45, 2.75) is 26.5 Å². The Morgan fingerprint density at radius 1 is 0.972 bits per heavy atom. The van der Waals surface area contributed by atoms with E-state index in [2.05, 4.69) is 5.32 Å². The molecule has 0 saturated heterocycles. The second kappa shape index (κ2) is 11.1. The van der Waals surface area contributed by atoms with E-state index in [0.717, 1.165) is 11.1 Å². The van der Waals surface area contributed by atoms with Gasteiger partial charge in [-0.3, -0.25) is 0 Å². The minimum Gasteiger partial charge on any atom is -0.488 e. The third-order valence-corrected chi connectivity index (χ3v) is 5.97. The first-order valence-electron chi connectivity index (χ1n) is 11.3. The Bertz CT molecular complexity index is 1340. The van der Waals surface area contributed by atoms with Crippen molar-refractivity contribution in [2.24, 2.45) is 0 Å². The SMILES string of the molecule is CCOC(=O)c1c(Cl)cc(OCc2ccccc2)c(C(=O)OC(=O)C2NC=Cc3ccccc32)c1C. The van der Waals surface area contributed by atoms with Crippen LogP contribution in [0.15, 0.2) is 66.9 Å². The molecule has 36 heavy (non-hydrogen) atoms. The number of carbonyl (C=O) groups excluding carboxylic acids is 3. The topological polar surface area (TPSA) is 90.9 Å². The van der Waals surface area contributed by atoms with Crippen molar-refractivity contribution < 1.29 is 28.6 Å². The molecular weight excluding hydrogens is 482 g/mol. The highest BCUT2D eigenvalue weighted by atomic mass is 35.5. The molecule has 7 nitrogen and oxygen atoms in total. The highest BCUT2D eigenvalue weighted by molar-refractivity contribution is 6.34. The molecule has 0 amide bonds. The molecule has 1 unspecified atom stereocenters. The van der Waals surface area contributed by atoms with E-state index in [1.54, 1.807) is 25.3 Å². The molecule has 4 rings (SSSR count). The van der Waals surface area contributed by atoms with Gasteiger partial charge in [0.1, 0.15) is 17.9 Å². The van der Waals surface area contributed by atoms with E-state index in [9.17, 15) is 14.4 Å². The molecule has 3 aromatic carbocycles. The predicted octanol–water partition coefficient (Wildman–Crippen LogP) is 5.40. The third-order valence-electron chi connectivity index (χ3n) is 5.68. The Balaban J connectivity index is 1.67. The molecule has 1 heterocycles. The van der Waals surface area contributed by atoms with Crippen LogP contribution in [0.25, 0.3) is 6.08 Å². The highest BCUT2D eigenvalue weighted by Crippen LogP contribution is 2.34. The lowest BCUT2D eigenvalue weighted by Gasteiger charge is -2.22. The molecular formula is C28H24ClNO6. The Hall–Kier alpha value is -4.10. The lowest BCUT2D eigenvalue weighted by Crippen LogP contribution is -2.31. The quantitative estimate of drug-likeness (QED) is 0.339. The van der Waals surface area contributed by atoms with Crippen LogP contribution in [0.1, 0.15) is 55.9 Å². The van der Waals surface area contributed by atoms with E-state index in [0.29, 0.717) is 5.56 Å². The van der Waals surface area contributed by atoms with Gasteiger partial charge in [0.15, 0.2) is 6.04 Å². The number of esters is 3. The molecule has 0 spiro atoms. The number of carbonyl (C=O) groups is 3. The van der Waals surface area contributed by atoms with Gasteiger partial charge in [-0.15, -0.1) is 0 Å². The highest BCUT2D eigenvalue weighted by Gasteiger charge is 2.31. The molecule has 1 N–H and O–H groups in total. The lowest BCUT2D eigenvalue weighted by atomic mass is 9.98. The Morgan fingerprint density at radius 2 is 1.69 bits per heavy atom. The van der Waals surface area contributed by atoms with E-state index in [-0.39, 0.29) is 40.7 Å². The first-order chi connectivity index (χ1) is 17.4. The first kappa shape index (κ1) is 25.0. The largest absolute Gasteiger partial charge is 0.488 e. The maximum absolute atomic E-state index is 13.3. The summed E-state index contributed by atoms with van der Waals surface area (Å²) in [5.74, 6) is -2.36. The molecule has 1 aliphatic heterocycles. The fraction of sp³-hybridized carbons (Fsp3) is 0.179. The number of fused-ring (bicyclic) bond motifs is 1. The smallest absolute Gasteiger partial charge is 0.349 e. The molecule has 1 aliphatic rings.